The van der Waals surface area contributed by atoms with Crippen molar-refractivity contribution in [2.24, 2.45) is 0 Å². The van der Waals surface area contributed by atoms with E-state index >= 15 is 0 Å². The largest absolute Gasteiger partial charge is 0.495 e. The second-order valence-electron chi connectivity index (χ2n) is 6.44. The van der Waals surface area contributed by atoms with Gasteiger partial charge in [0.05, 0.1) is 11.2 Å². The number of pyridine rings is 1. The molecule has 1 aliphatic rings. The smallest absolute Gasteiger partial charge is 0.399 e. The highest BCUT2D eigenvalue weighted by Gasteiger charge is 2.51. The predicted octanol–water partition coefficient (Wildman–Crippen LogP) is 2.65. The van der Waals surface area contributed by atoms with E-state index in [-0.39, 0.29) is 5.65 Å². The summed E-state index contributed by atoms with van der Waals surface area (Å²) >= 11 is 0. The van der Waals surface area contributed by atoms with Crippen molar-refractivity contribution < 1.29 is 22.5 Å². The lowest BCUT2D eigenvalue weighted by Crippen LogP contribution is -2.41. The van der Waals surface area contributed by atoms with Crippen LogP contribution in [0.2, 0.25) is 0 Å². The van der Waals surface area contributed by atoms with Crippen LogP contribution >= 0.6 is 0 Å². The molecule has 1 aliphatic heterocycles. The van der Waals surface area contributed by atoms with E-state index in [4.69, 9.17) is 9.31 Å². The Kier molecular flexibility index (Phi) is 3.13. The van der Waals surface area contributed by atoms with E-state index in [9.17, 15) is 13.2 Å². The minimum atomic E-state index is -4.46. The van der Waals surface area contributed by atoms with Gasteiger partial charge >= 0.3 is 13.3 Å². The van der Waals surface area contributed by atoms with Gasteiger partial charge in [0.1, 0.15) is 5.65 Å². The molecule has 0 unspecified atom stereocenters. The average Bonchev–Trinajstić information content (AvgIpc) is 2.87. The zero-order valence-corrected chi connectivity index (χ0v) is 12.7. The van der Waals surface area contributed by atoms with Crippen LogP contribution in [-0.2, 0) is 15.5 Å². The van der Waals surface area contributed by atoms with Gasteiger partial charge in [-0.3, -0.25) is 0 Å². The summed E-state index contributed by atoms with van der Waals surface area (Å²) in [7, 11) is -0.624. The summed E-state index contributed by atoms with van der Waals surface area (Å²) in [5.74, 6) is 0. The SMILES string of the molecule is CC1(C)OB(c2ccn3cc(C(F)(F)F)nc3c2)OC1(C)C. The van der Waals surface area contributed by atoms with E-state index < -0.39 is 30.2 Å². The van der Waals surface area contributed by atoms with E-state index in [1.165, 1.54) is 10.6 Å². The van der Waals surface area contributed by atoms with Gasteiger partial charge in [0.2, 0.25) is 0 Å². The van der Waals surface area contributed by atoms with Crippen LogP contribution in [0, 0.1) is 0 Å². The third-order valence-electron chi connectivity index (χ3n) is 4.30. The van der Waals surface area contributed by atoms with Crippen LogP contribution in [0.1, 0.15) is 33.4 Å². The van der Waals surface area contributed by atoms with Gasteiger partial charge in [-0.25, -0.2) is 4.98 Å². The molecule has 0 N–H and O–H groups in total. The molecule has 1 saturated heterocycles. The molecule has 2 aromatic heterocycles. The second-order valence-corrected chi connectivity index (χ2v) is 6.44. The van der Waals surface area contributed by atoms with Gasteiger partial charge in [-0.1, -0.05) is 0 Å². The van der Waals surface area contributed by atoms with Crippen LogP contribution in [0.5, 0.6) is 0 Å². The summed E-state index contributed by atoms with van der Waals surface area (Å²) in [6, 6.07) is 3.23. The van der Waals surface area contributed by atoms with Gasteiger partial charge in [0.15, 0.2) is 5.69 Å². The number of hydrogen-bond donors (Lipinski definition) is 0. The maximum absolute atomic E-state index is 12.7. The molecule has 3 rings (SSSR count). The third-order valence-corrected chi connectivity index (χ3v) is 4.30. The molecule has 8 heteroatoms. The summed E-state index contributed by atoms with van der Waals surface area (Å²) < 4.78 is 51.2. The Bertz CT molecular complexity index is 708. The molecule has 0 spiro atoms. The fourth-order valence-electron chi connectivity index (χ4n) is 2.26. The summed E-state index contributed by atoms with van der Waals surface area (Å²) in [6.07, 6.45) is -1.97. The van der Waals surface area contributed by atoms with E-state index in [2.05, 4.69) is 4.98 Å². The zero-order valence-electron chi connectivity index (χ0n) is 12.7. The summed E-state index contributed by atoms with van der Waals surface area (Å²) in [6.45, 7) is 7.68. The number of halogens is 3. The first kappa shape index (κ1) is 15.4. The first-order chi connectivity index (χ1) is 9.99. The molecule has 2 aromatic rings. The van der Waals surface area contributed by atoms with Crippen molar-refractivity contribution in [1.29, 1.82) is 0 Å². The fourth-order valence-corrected chi connectivity index (χ4v) is 2.26. The molecule has 0 bridgehead atoms. The van der Waals surface area contributed by atoms with Crippen LogP contribution in [0.25, 0.3) is 5.65 Å². The Morgan fingerprint density at radius 3 is 2.27 bits per heavy atom. The van der Waals surface area contributed by atoms with Gasteiger partial charge in [-0.05, 0) is 45.3 Å². The van der Waals surface area contributed by atoms with Crippen molar-refractivity contribution in [3.05, 3.63) is 30.2 Å². The summed E-state index contributed by atoms with van der Waals surface area (Å²) in [5, 5.41) is 0. The normalized spacial score (nSPS) is 20.8. The number of alkyl halides is 3. The van der Waals surface area contributed by atoms with Crippen molar-refractivity contribution in [2.45, 2.75) is 45.1 Å². The summed E-state index contributed by atoms with van der Waals surface area (Å²) in [4.78, 5) is 3.62. The lowest BCUT2D eigenvalue weighted by Gasteiger charge is -2.32. The highest BCUT2D eigenvalue weighted by atomic mass is 19.4. The minimum absolute atomic E-state index is 0.208. The molecular weight excluding hydrogens is 296 g/mol. The van der Waals surface area contributed by atoms with Gasteiger partial charge in [0, 0.05) is 12.4 Å². The Morgan fingerprint density at radius 1 is 1.14 bits per heavy atom. The number of aromatic nitrogens is 2. The van der Waals surface area contributed by atoms with E-state index in [0.717, 1.165) is 6.20 Å². The highest BCUT2D eigenvalue weighted by Crippen LogP contribution is 2.36. The quantitative estimate of drug-likeness (QED) is 0.760. The van der Waals surface area contributed by atoms with Gasteiger partial charge < -0.3 is 13.7 Å². The lowest BCUT2D eigenvalue weighted by atomic mass is 9.80. The van der Waals surface area contributed by atoms with Crippen LogP contribution < -0.4 is 5.46 Å². The highest BCUT2D eigenvalue weighted by molar-refractivity contribution is 6.62. The summed E-state index contributed by atoms with van der Waals surface area (Å²) in [5.41, 5.74) is -1.07. The number of imidazole rings is 1. The Morgan fingerprint density at radius 2 is 1.73 bits per heavy atom. The van der Waals surface area contributed by atoms with Crippen molar-refractivity contribution in [3.63, 3.8) is 0 Å². The van der Waals surface area contributed by atoms with Crippen molar-refractivity contribution >= 4 is 18.2 Å². The molecule has 0 aliphatic carbocycles. The van der Waals surface area contributed by atoms with Gasteiger partial charge in [-0.15, -0.1) is 0 Å². The maximum Gasteiger partial charge on any atom is 0.495 e. The van der Waals surface area contributed by atoms with Crippen LogP contribution in [0.3, 0.4) is 0 Å². The molecule has 0 radical (unpaired) electrons. The van der Waals surface area contributed by atoms with Gasteiger partial charge in [-0.2, -0.15) is 13.2 Å². The molecule has 0 amide bonds. The molecule has 3 heterocycles. The predicted molar refractivity (Wildman–Crippen MR) is 75.9 cm³/mol. The Labute approximate surface area is 126 Å². The molecule has 0 atom stereocenters. The van der Waals surface area contributed by atoms with E-state index in [1.54, 1.807) is 12.1 Å². The molecule has 118 valence electrons. The van der Waals surface area contributed by atoms with E-state index in [1.807, 2.05) is 27.7 Å². The zero-order chi connectivity index (χ0) is 16.3. The first-order valence-electron chi connectivity index (χ1n) is 6.91. The molecule has 1 fully saturated rings. The molecule has 4 nitrogen and oxygen atoms in total. The topological polar surface area (TPSA) is 35.8 Å². The first-order valence-corrected chi connectivity index (χ1v) is 6.91. The van der Waals surface area contributed by atoms with Crippen LogP contribution in [0.15, 0.2) is 24.5 Å². The fraction of sp³-hybridized carbons (Fsp3) is 0.500. The van der Waals surface area contributed by atoms with Crippen molar-refractivity contribution in [1.82, 2.24) is 9.38 Å². The maximum atomic E-state index is 12.7. The number of nitrogens with zero attached hydrogens (tertiary/aromatic N) is 2. The number of hydrogen-bond acceptors (Lipinski definition) is 3. The molecule has 0 saturated carbocycles. The minimum Gasteiger partial charge on any atom is -0.399 e. The number of fused-ring (bicyclic) bond motifs is 1. The van der Waals surface area contributed by atoms with Gasteiger partial charge in [0.25, 0.3) is 0 Å². The standard InChI is InChI=1S/C14H16BF3N2O2/c1-12(2)13(3,4)22-15(21-12)9-5-6-20-8-10(14(16,17)18)19-11(20)7-9/h5-8H,1-4H3. The van der Waals surface area contributed by atoms with Crippen molar-refractivity contribution in [3.8, 4) is 0 Å². The average molecular weight is 312 g/mol. The van der Waals surface area contributed by atoms with E-state index in [0.29, 0.717) is 5.46 Å². The third kappa shape index (κ3) is 2.40. The second kappa shape index (κ2) is 4.49. The lowest BCUT2D eigenvalue weighted by molar-refractivity contribution is -0.140. The molecular formula is C14H16BF3N2O2. The monoisotopic (exact) mass is 312 g/mol. The van der Waals surface area contributed by atoms with Crippen molar-refractivity contribution in [2.75, 3.05) is 0 Å². The van der Waals surface area contributed by atoms with Crippen LogP contribution in [-0.4, -0.2) is 27.7 Å². The molecule has 0 aromatic carbocycles. The van der Waals surface area contributed by atoms with Crippen LogP contribution in [0.4, 0.5) is 13.2 Å². The Hall–Kier alpha value is -1.54. The number of rotatable bonds is 1. The Balaban J connectivity index is 1.97. The molecule has 22 heavy (non-hydrogen) atoms.